The van der Waals surface area contributed by atoms with E-state index in [0.717, 1.165) is 0 Å². The van der Waals surface area contributed by atoms with E-state index < -0.39 is 0 Å². The summed E-state index contributed by atoms with van der Waals surface area (Å²) in [4.78, 5) is 0. The Morgan fingerprint density at radius 3 is 2.78 bits per heavy atom. The molecule has 0 aromatic carbocycles. The van der Waals surface area contributed by atoms with Crippen LogP contribution in [-0.4, -0.2) is 5.75 Å². The van der Waals surface area contributed by atoms with E-state index >= 15 is 0 Å². The first kappa shape index (κ1) is 9.09. The summed E-state index contributed by atoms with van der Waals surface area (Å²) in [5.41, 5.74) is 0. The van der Waals surface area contributed by atoms with Crippen molar-refractivity contribution in [2.45, 2.75) is 26.2 Å². The molecule has 0 bridgehead atoms. The van der Waals surface area contributed by atoms with E-state index in [1.54, 1.807) is 0 Å². The molecule has 0 unspecified atom stereocenters. The van der Waals surface area contributed by atoms with Crippen LogP contribution in [0.4, 0.5) is 0 Å². The Hall–Kier alpha value is 0.0900. The van der Waals surface area contributed by atoms with Gasteiger partial charge in [-0.25, -0.2) is 0 Å². The summed E-state index contributed by atoms with van der Waals surface area (Å²) in [5, 5.41) is 2.05. The van der Waals surface area contributed by atoms with Gasteiger partial charge >= 0.3 is 0 Å². The summed E-state index contributed by atoms with van der Waals surface area (Å²) < 4.78 is 0. The van der Waals surface area contributed by atoms with Crippen molar-refractivity contribution in [2.75, 3.05) is 5.75 Å². The summed E-state index contributed by atoms with van der Waals surface area (Å²) in [6, 6.07) is 0. The molecule has 0 aliphatic carbocycles. The molecular formula is C8H15S. The predicted molar refractivity (Wildman–Crippen MR) is 46.5 cm³/mol. The summed E-state index contributed by atoms with van der Waals surface area (Å²) in [6.07, 6.45) is 5.86. The van der Waals surface area contributed by atoms with Crippen LogP contribution in [-0.2, 0) is 0 Å². The molecule has 1 radical (unpaired) electrons. The lowest BCUT2D eigenvalue weighted by molar-refractivity contribution is 0.779. The number of thioether (sulfide) groups is 1. The number of hydrogen-bond acceptors (Lipinski definition) is 1. The molecule has 0 nitrogen and oxygen atoms in total. The zero-order valence-corrected chi connectivity index (χ0v) is 6.91. The zero-order chi connectivity index (χ0) is 6.95. The van der Waals surface area contributed by atoms with Crippen LogP contribution < -0.4 is 0 Å². The molecule has 0 rings (SSSR count). The quantitative estimate of drug-likeness (QED) is 0.532. The lowest BCUT2D eigenvalue weighted by Crippen LogP contribution is -1.75. The van der Waals surface area contributed by atoms with E-state index in [4.69, 9.17) is 0 Å². The maximum Gasteiger partial charge on any atom is -0.00261 e. The second-order valence-corrected chi connectivity index (χ2v) is 2.96. The highest BCUT2D eigenvalue weighted by atomic mass is 32.2. The van der Waals surface area contributed by atoms with Gasteiger partial charge in [0.25, 0.3) is 0 Å². The number of unbranched alkanes of at least 4 members (excludes halogenated alkanes) is 2. The second kappa shape index (κ2) is 8.09. The summed E-state index contributed by atoms with van der Waals surface area (Å²) >= 11 is 1.85. The third-order valence-electron chi connectivity index (χ3n) is 1.06. The first-order valence-electron chi connectivity index (χ1n) is 3.47. The van der Waals surface area contributed by atoms with Gasteiger partial charge < -0.3 is 0 Å². The van der Waals surface area contributed by atoms with Gasteiger partial charge in [-0.15, -0.1) is 11.8 Å². The minimum Gasteiger partial charge on any atom is -0.134 e. The van der Waals surface area contributed by atoms with E-state index in [1.807, 2.05) is 17.8 Å². The molecule has 0 spiro atoms. The number of hydrogen-bond donors (Lipinski definition) is 0. The topological polar surface area (TPSA) is 0 Å². The maximum atomic E-state index is 3.60. The number of rotatable bonds is 5. The van der Waals surface area contributed by atoms with Crippen LogP contribution in [0.1, 0.15) is 26.2 Å². The van der Waals surface area contributed by atoms with Crippen LogP contribution in [0.5, 0.6) is 0 Å². The Morgan fingerprint density at radius 1 is 1.44 bits per heavy atom. The van der Waals surface area contributed by atoms with Gasteiger partial charge in [-0.1, -0.05) is 25.8 Å². The van der Waals surface area contributed by atoms with Crippen LogP contribution in [0.2, 0.25) is 0 Å². The highest BCUT2D eigenvalue weighted by Gasteiger charge is 1.82. The molecule has 0 heterocycles. The smallest absolute Gasteiger partial charge is 0.00261 e. The second-order valence-electron chi connectivity index (χ2n) is 1.95. The van der Waals surface area contributed by atoms with Gasteiger partial charge in [0.2, 0.25) is 0 Å². The third-order valence-corrected chi connectivity index (χ3v) is 1.97. The van der Waals surface area contributed by atoms with E-state index in [2.05, 4.69) is 19.3 Å². The fourth-order valence-corrected chi connectivity index (χ4v) is 1.21. The van der Waals surface area contributed by atoms with Crippen molar-refractivity contribution in [1.82, 2.24) is 0 Å². The fraction of sp³-hybridized carbons (Fsp3) is 0.625. The average Bonchev–Trinajstić information content (AvgIpc) is 1.89. The molecule has 53 valence electrons. The van der Waals surface area contributed by atoms with Crippen molar-refractivity contribution in [2.24, 2.45) is 0 Å². The molecule has 1 heteroatoms. The minimum absolute atomic E-state index is 1.25. The van der Waals surface area contributed by atoms with Crippen LogP contribution in [0, 0.1) is 6.92 Å². The first-order valence-corrected chi connectivity index (χ1v) is 4.52. The molecule has 0 aliphatic rings. The standard InChI is InChI=1S/C8H15S/c1-3-5-6-8-9-7-4-2/h4,7H,2-3,5-6,8H2,1H3/b7-4+. The normalized spacial score (nSPS) is 10.9. The van der Waals surface area contributed by atoms with Gasteiger partial charge in [0.15, 0.2) is 0 Å². The molecule has 0 aromatic rings. The molecule has 0 N–H and O–H groups in total. The summed E-state index contributed by atoms with van der Waals surface area (Å²) in [5.74, 6) is 1.25. The molecule has 0 atom stereocenters. The van der Waals surface area contributed by atoms with E-state index in [1.165, 1.54) is 25.0 Å². The lowest BCUT2D eigenvalue weighted by atomic mass is 10.3. The highest BCUT2D eigenvalue weighted by molar-refractivity contribution is 8.02. The van der Waals surface area contributed by atoms with Gasteiger partial charge in [0, 0.05) is 0 Å². The van der Waals surface area contributed by atoms with Crippen molar-refractivity contribution in [3.05, 3.63) is 18.4 Å². The molecule has 0 saturated heterocycles. The van der Waals surface area contributed by atoms with Gasteiger partial charge in [0.05, 0.1) is 0 Å². The lowest BCUT2D eigenvalue weighted by Gasteiger charge is -1.92. The van der Waals surface area contributed by atoms with Crippen molar-refractivity contribution in [3.63, 3.8) is 0 Å². The van der Waals surface area contributed by atoms with Crippen LogP contribution in [0.15, 0.2) is 11.5 Å². The Bertz CT molecular complexity index is 67.0. The Kier molecular flexibility index (Phi) is 8.17. The first-order chi connectivity index (χ1) is 4.41. The predicted octanol–water partition coefficient (Wildman–Crippen LogP) is 3.26. The SMILES string of the molecule is [CH2]/C=C/SCCCCC. The molecule has 0 aliphatic heterocycles. The summed E-state index contributed by atoms with van der Waals surface area (Å²) in [6.45, 7) is 5.83. The fourth-order valence-electron chi connectivity index (χ4n) is 0.571. The van der Waals surface area contributed by atoms with E-state index in [0.29, 0.717) is 0 Å². The van der Waals surface area contributed by atoms with Gasteiger partial charge in [0.1, 0.15) is 0 Å². The van der Waals surface area contributed by atoms with Crippen molar-refractivity contribution >= 4 is 11.8 Å². The van der Waals surface area contributed by atoms with Crippen molar-refractivity contribution in [3.8, 4) is 0 Å². The van der Waals surface area contributed by atoms with E-state index in [9.17, 15) is 0 Å². The largest absolute Gasteiger partial charge is 0.134 e. The summed E-state index contributed by atoms with van der Waals surface area (Å²) in [7, 11) is 0. The average molecular weight is 143 g/mol. The van der Waals surface area contributed by atoms with Gasteiger partial charge in [-0.3, -0.25) is 0 Å². The number of allylic oxidation sites excluding steroid dienone is 1. The Labute approximate surface area is 62.7 Å². The molecule has 0 amide bonds. The van der Waals surface area contributed by atoms with Crippen LogP contribution in [0.3, 0.4) is 0 Å². The van der Waals surface area contributed by atoms with E-state index in [-0.39, 0.29) is 0 Å². The maximum absolute atomic E-state index is 3.60. The molecule has 0 fully saturated rings. The zero-order valence-electron chi connectivity index (χ0n) is 6.10. The van der Waals surface area contributed by atoms with Crippen molar-refractivity contribution < 1.29 is 0 Å². The van der Waals surface area contributed by atoms with Crippen LogP contribution in [0.25, 0.3) is 0 Å². The molecule has 0 aromatic heterocycles. The minimum atomic E-state index is 1.25. The van der Waals surface area contributed by atoms with Gasteiger partial charge in [-0.2, -0.15) is 0 Å². The molecular weight excluding hydrogens is 128 g/mol. The molecule has 9 heavy (non-hydrogen) atoms. The third kappa shape index (κ3) is 8.09. The molecule has 0 saturated carbocycles. The highest BCUT2D eigenvalue weighted by Crippen LogP contribution is 2.06. The van der Waals surface area contributed by atoms with Gasteiger partial charge in [-0.05, 0) is 24.5 Å². The Balaban J connectivity index is 2.75. The Morgan fingerprint density at radius 2 is 2.22 bits per heavy atom. The van der Waals surface area contributed by atoms with Crippen molar-refractivity contribution in [1.29, 1.82) is 0 Å². The van der Waals surface area contributed by atoms with Crippen LogP contribution >= 0.6 is 11.8 Å². The monoisotopic (exact) mass is 143 g/mol.